The van der Waals surface area contributed by atoms with E-state index in [2.05, 4.69) is 39.3 Å². The van der Waals surface area contributed by atoms with E-state index in [0.29, 0.717) is 0 Å². The van der Waals surface area contributed by atoms with Crippen molar-refractivity contribution in [1.82, 2.24) is 0 Å². The summed E-state index contributed by atoms with van der Waals surface area (Å²) in [4.78, 5) is 23.4. The van der Waals surface area contributed by atoms with Crippen LogP contribution in [0.5, 0.6) is 0 Å². The molecule has 0 aromatic carbocycles. The molecule has 0 N–H and O–H groups in total. The Morgan fingerprint density at radius 1 is 0.800 bits per heavy atom. The highest BCUT2D eigenvalue weighted by Gasteiger charge is 2.55. The zero-order valence-electron chi connectivity index (χ0n) is 10.4. The van der Waals surface area contributed by atoms with Gasteiger partial charge in [0.15, 0.2) is 0 Å². The van der Waals surface area contributed by atoms with Crippen LogP contribution in [-0.4, -0.2) is 28.1 Å². The van der Waals surface area contributed by atoms with Crippen LogP contribution in [0.25, 0.3) is 0 Å². The average molecular weight is 244 g/mol. The molecular weight excluding hydrogens is 224 g/mol. The standard InChI is InChI=1S/C10H20O3Si2/c1-14(2,3)7-8(15(4,5)6)10(12)13-9(7)11/h7-8H,1-6H3/t7-,8+. The van der Waals surface area contributed by atoms with Gasteiger partial charge in [-0.1, -0.05) is 39.3 Å². The minimum atomic E-state index is -1.66. The number of rotatable bonds is 2. The minimum absolute atomic E-state index is 0.128. The van der Waals surface area contributed by atoms with Gasteiger partial charge in [0.25, 0.3) is 0 Å². The second-order valence-electron chi connectivity index (χ2n) is 6.43. The smallest absolute Gasteiger partial charge is 0.314 e. The summed E-state index contributed by atoms with van der Waals surface area (Å²) >= 11 is 0. The van der Waals surface area contributed by atoms with Crippen LogP contribution in [0.2, 0.25) is 50.4 Å². The topological polar surface area (TPSA) is 43.4 Å². The summed E-state index contributed by atoms with van der Waals surface area (Å²) in [6, 6.07) is 0. The van der Waals surface area contributed by atoms with E-state index in [4.69, 9.17) is 4.74 Å². The Balaban J connectivity index is 3.12. The largest absolute Gasteiger partial charge is 0.393 e. The molecular formula is C10H20O3Si2. The van der Waals surface area contributed by atoms with Gasteiger partial charge in [0.1, 0.15) is 0 Å². The summed E-state index contributed by atoms with van der Waals surface area (Å²) in [5.41, 5.74) is -0.256. The molecule has 5 heteroatoms. The normalized spacial score (nSPS) is 28.1. The highest BCUT2D eigenvalue weighted by Crippen LogP contribution is 2.46. The van der Waals surface area contributed by atoms with Crippen molar-refractivity contribution in [2.75, 3.05) is 0 Å². The Kier molecular flexibility index (Phi) is 3.00. The average Bonchev–Trinajstić information content (AvgIpc) is 2.22. The molecule has 1 saturated heterocycles. The van der Waals surface area contributed by atoms with Gasteiger partial charge in [-0.25, -0.2) is 0 Å². The van der Waals surface area contributed by atoms with Crippen LogP contribution in [0, 0.1) is 0 Å². The van der Waals surface area contributed by atoms with E-state index in [0.717, 1.165) is 0 Å². The lowest BCUT2D eigenvalue weighted by Gasteiger charge is -2.31. The van der Waals surface area contributed by atoms with Gasteiger partial charge in [-0.05, 0) is 0 Å². The molecule has 86 valence electrons. The van der Waals surface area contributed by atoms with Crippen molar-refractivity contribution in [3.63, 3.8) is 0 Å². The summed E-state index contributed by atoms with van der Waals surface area (Å²) in [5.74, 6) is -0.543. The second kappa shape index (κ2) is 3.55. The molecule has 2 atom stereocenters. The van der Waals surface area contributed by atoms with Crippen molar-refractivity contribution in [2.24, 2.45) is 0 Å². The van der Waals surface area contributed by atoms with Crippen LogP contribution in [0.1, 0.15) is 0 Å². The highest BCUT2D eigenvalue weighted by atomic mass is 28.3. The van der Waals surface area contributed by atoms with Gasteiger partial charge >= 0.3 is 11.9 Å². The first-order chi connectivity index (χ1) is 6.55. The number of hydrogen-bond donors (Lipinski definition) is 0. The first-order valence-corrected chi connectivity index (χ1v) is 12.5. The summed E-state index contributed by atoms with van der Waals surface area (Å²) in [7, 11) is -3.33. The molecule has 15 heavy (non-hydrogen) atoms. The van der Waals surface area contributed by atoms with Crippen molar-refractivity contribution in [1.29, 1.82) is 0 Å². The van der Waals surface area contributed by atoms with E-state index in [1.54, 1.807) is 0 Å². The molecule has 1 aliphatic rings. The minimum Gasteiger partial charge on any atom is -0.393 e. The van der Waals surface area contributed by atoms with E-state index in [1.807, 2.05) is 0 Å². The highest BCUT2D eigenvalue weighted by molar-refractivity contribution is 6.88. The lowest BCUT2D eigenvalue weighted by atomic mass is 10.3. The quantitative estimate of drug-likeness (QED) is 0.426. The van der Waals surface area contributed by atoms with Gasteiger partial charge in [-0.3, -0.25) is 9.59 Å². The number of ether oxygens (including phenoxy) is 1. The van der Waals surface area contributed by atoms with Crippen LogP contribution >= 0.6 is 0 Å². The number of esters is 2. The Labute approximate surface area is 93.2 Å². The number of carbonyl (C=O) groups is 2. The lowest BCUT2D eigenvalue weighted by Crippen LogP contribution is -2.42. The second-order valence-corrected chi connectivity index (χ2v) is 17.1. The molecule has 0 aromatic rings. The van der Waals surface area contributed by atoms with Crippen molar-refractivity contribution >= 4 is 28.1 Å². The molecule has 0 aliphatic carbocycles. The van der Waals surface area contributed by atoms with E-state index < -0.39 is 16.1 Å². The third-order valence-corrected chi connectivity index (χ3v) is 8.11. The molecule has 0 aromatic heterocycles. The van der Waals surface area contributed by atoms with Crippen molar-refractivity contribution in [2.45, 2.75) is 50.4 Å². The third kappa shape index (κ3) is 2.39. The molecule has 1 aliphatic heterocycles. The molecule has 1 fully saturated rings. The molecule has 1 rings (SSSR count). The van der Waals surface area contributed by atoms with Gasteiger partial charge < -0.3 is 4.74 Å². The number of hydrogen-bond acceptors (Lipinski definition) is 3. The molecule has 0 saturated carbocycles. The van der Waals surface area contributed by atoms with Crippen molar-refractivity contribution < 1.29 is 14.3 Å². The third-order valence-electron chi connectivity index (χ3n) is 2.91. The lowest BCUT2D eigenvalue weighted by molar-refractivity contribution is -0.152. The van der Waals surface area contributed by atoms with Crippen molar-refractivity contribution in [3.05, 3.63) is 0 Å². The van der Waals surface area contributed by atoms with Crippen LogP contribution in [-0.2, 0) is 14.3 Å². The zero-order chi connectivity index (χ0) is 12.0. The summed E-state index contributed by atoms with van der Waals surface area (Å²) in [5, 5.41) is 0. The van der Waals surface area contributed by atoms with Gasteiger partial charge in [-0.2, -0.15) is 0 Å². The fourth-order valence-electron chi connectivity index (χ4n) is 2.21. The van der Waals surface area contributed by atoms with Gasteiger partial charge in [-0.15, -0.1) is 0 Å². The molecule has 0 bridgehead atoms. The summed E-state index contributed by atoms with van der Waals surface area (Å²) < 4.78 is 4.83. The van der Waals surface area contributed by atoms with E-state index in [-0.39, 0.29) is 23.0 Å². The predicted octanol–water partition coefficient (Wildman–Crippen LogP) is 2.49. The fraction of sp³-hybridized carbons (Fsp3) is 0.800. The molecule has 0 unspecified atom stereocenters. The molecule has 0 radical (unpaired) electrons. The number of carbonyl (C=O) groups excluding carboxylic acids is 2. The SMILES string of the molecule is C[Si](C)(C)[C@@H]1C(=O)OC(=O)[C@@H]1[Si](C)(C)C. The maximum absolute atomic E-state index is 11.7. The number of cyclic esters (lactones) is 2. The van der Waals surface area contributed by atoms with E-state index >= 15 is 0 Å². The monoisotopic (exact) mass is 244 g/mol. The first-order valence-electron chi connectivity index (χ1n) is 5.30. The molecule has 3 nitrogen and oxygen atoms in total. The van der Waals surface area contributed by atoms with Gasteiger partial charge in [0.2, 0.25) is 0 Å². The zero-order valence-corrected chi connectivity index (χ0v) is 12.4. The van der Waals surface area contributed by atoms with E-state index in [1.165, 1.54) is 0 Å². The van der Waals surface area contributed by atoms with E-state index in [9.17, 15) is 9.59 Å². The van der Waals surface area contributed by atoms with Crippen LogP contribution in [0.3, 0.4) is 0 Å². The van der Waals surface area contributed by atoms with Gasteiger partial charge in [0.05, 0.1) is 27.2 Å². The first kappa shape index (κ1) is 12.6. The maximum Gasteiger partial charge on any atom is 0.314 e. The predicted molar refractivity (Wildman–Crippen MR) is 65.3 cm³/mol. The van der Waals surface area contributed by atoms with Crippen LogP contribution < -0.4 is 0 Å². The Bertz CT molecular complexity index is 269. The van der Waals surface area contributed by atoms with Crippen LogP contribution in [0.4, 0.5) is 0 Å². The van der Waals surface area contributed by atoms with Crippen molar-refractivity contribution in [3.8, 4) is 0 Å². The molecule has 1 heterocycles. The molecule has 0 amide bonds. The van der Waals surface area contributed by atoms with Gasteiger partial charge in [0, 0.05) is 0 Å². The Morgan fingerprint density at radius 3 is 1.27 bits per heavy atom. The molecule has 0 spiro atoms. The summed E-state index contributed by atoms with van der Waals surface area (Å²) in [6.45, 7) is 12.8. The Morgan fingerprint density at radius 2 is 1.07 bits per heavy atom. The summed E-state index contributed by atoms with van der Waals surface area (Å²) in [6.07, 6.45) is 0. The fourth-order valence-corrected chi connectivity index (χ4v) is 9.01. The van der Waals surface area contributed by atoms with Crippen LogP contribution in [0.15, 0.2) is 0 Å². The maximum atomic E-state index is 11.7. The Hall–Kier alpha value is -0.426.